The highest BCUT2D eigenvalue weighted by atomic mass is 32.2. The van der Waals surface area contributed by atoms with E-state index >= 15 is 0 Å². The molecule has 3 aromatic heterocycles. The van der Waals surface area contributed by atoms with Crippen molar-refractivity contribution in [2.45, 2.75) is 30.4 Å². The molecular weight excluding hydrogens is 570 g/mol. The van der Waals surface area contributed by atoms with Gasteiger partial charge in [-0.2, -0.15) is 5.10 Å². The third kappa shape index (κ3) is 5.91. The van der Waals surface area contributed by atoms with E-state index in [1.54, 1.807) is 12.1 Å². The Bertz CT molecular complexity index is 1670. The monoisotopic (exact) mass is 609 g/mol. The van der Waals surface area contributed by atoms with Crippen LogP contribution in [-0.2, 0) is 19.3 Å². The van der Waals surface area contributed by atoms with E-state index in [0.29, 0.717) is 11.5 Å². The number of anilines is 2. The molecule has 1 unspecified atom stereocenters. The van der Waals surface area contributed by atoms with Crippen LogP contribution in [0.3, 0.4) is 0 Å². The van der Waals surface area contributed by atoms with E-state index in [1.165, 1.54) is 6.26 Å². The van der Waals surface area contributed by atoms with Crippen LogP contribution < -0.4 is 14.5 Å². The standard InChI is InChI=1S/C30H39N7O5S/c1-43(38,39)25-7-5-23(6-8-25)34-9-11-35(12-10-34)27-20-24(41-19-15-33-13-17-40-18-14-33)22-36-29(27)26-21-31-37(30(26)32-36)28-4-2-3-16-42-28/h5-8,20-22,28H,2-4,9-19H2,1H3. The maximum absolute atomic E-state index is 11.9. The fourth-order valence-corrected chi connectivity index (χ4v) is 6.91. The molecule has 3 saturated heterocycles. The molecule has 13 heteroatoms. The summed E-state index contributed by atoms with van der Waals surface area (Å²) in [6, 6.07) is 9.32. The summed E-state index contributed by atoms with van der Waals surface area (Å²) in [4.78, 5) is 7.39. The topological polar surface area (TPSA) is 107 Å². The van der Waals surface area contributed by atoms with Gasteiger partial charge in [0, 0.05) is 70.4 Å². The second kappa shape index (κ2) is 11.9. The minimum absolute atomic E-state index is 0.0958. The van der Waals surface area contributed by atoms with Crippen LogP contribution in [-0.4, -0.2) is 111 Å². The Labute approximate surface area is 251 Å². The maximum Gasteiger partial charge on any atom is 0.183 e. The van der Waals surface area contributed by atoms with Crippen LogP contribution in [0.1, 0.15) is 25.5 Å². The van der Waals surface area contributed by atoms with E-state index in [-0.39, 0.29) is 6.23 Å². The lowest BCUT2D eigenvalue weighted by molar-refractivity contribution is -0.0370. The highest BCUT2D eigenvalue weighted by molar-refractivity contribution is 7.90. The molecule has 1 atom stereocenters. The lowest BCUT2D eigenvalue weighted by Crippen LogP contribution is -2.46. The number of benzene rings is 1. The average Bonchev–Trinajstić information content (AvgIpc) is 3.61. The number of rotatable bonds is 8. The molecule has 6 heterocycles. The number of pyridine rings is 1. The van der Waals surface area contributed by atoms with E-state index in [1.807, 2.05) is 33.7 Å². The average molecular weight is 610 g/mol. The number of piperazine rings is 1. The van der Waals surface area contributed by atoms with Crippen molar-refractivity contribution in [1.29, 1.82) is 0 Å². The van der Waals surface area contributed by atoms with Gasteiger partial charge in [0.2, 0.25) is 0 Å². The second-order valence-corrected chi connectivity index (χ2v) is 13.6. The zero-order valence-corrected chi connectivity index (χ0v) is 25.4. The summed E-state index contributed by atoms with van der Waals surface area (Å²) < 4.78 is 45.5. The molecule has 3 aliphatic heterocycles. The smallest absolute Gasteiger partial charge is 0.183 e. The van der Waals surface area contributed by atoms with Crippen molar-refractivity contribution in [1.82, 2.24) is 24.3 Å². The van der Waals surface area contributed by atoms with Gasteiger partial charge in [-0.3, -0.25) is 4.90 Å². The molecule has 0 amide bonds. The fourth-order valence-electron chi connectivity index (χ4n) is 6.28. The molecule has 3 aliphatic rings. The number of aromatic nitrogens is 4. The van der Waals surface area contributed by atoms with Crippen LogP contribution in [0.15, 0.2) is 47.6 Å². The number of nitrogens with zero attached hydrogens (tertiary/aromatic N) is 7. The second-order valence-electron chi connectivity index (χ2n) is 11.5. The molecule has 12 nitrogen and oxygen atoms in total. The van der Waals surface area contributed by atoms with Crippen molar-refractivity contribution >= 4 is 37.8 Å². The Hall–Kier alpha value is -3.39. The molecule has 7 rings (SSSR count). The Morgan fingerprint density at radius 1 is 0.977 bits per heavy atom. The van der Waals surface area contributed by atoms with E-state index in [9.17, 15) is 8.42 Å². The minimum Gasteiger partial charge on any atom is -0.491 e. The van der Waals surface area contributed by atoms with Crippen LogP contribution in [0.5, 0.6) is 5.75 Å². The SMILES string of the molecule is CS(=O)(=O)c1ccc(N2CCN(c3cc(OCCN4CCOCC4)cn4nc5c(cnn5C5CCCCO5)c34)CC2)cc1. The summed E-state index contributed by atoms with van der Waals surface area (Å²) >= 11 is 0. The van der Waals surface area contributed by atoms with E-state index in [0.717, 1.165) is 119 Å². The predicted octanol–water partition coefficient (Wildman–Crippen LogP) is 2.82. The molecule has 0 N–H and O–H groups in total. The summed E-state index contributed by atoms with van der Waals surface area (Å²) in [5, 5.41) is 10.7. The van der Waals surface area contributed by atoms with Gasteiger partial charge in [0.1, 0.15) is 17.9 Å². The molecule has 3 fully saturated rings. The first-order chi connectivity index (χ1) is 20.9. The molecule has 0 radical (unpaired) electrons. The molecule has 43 heavy (non-hydrogen) atoms. The first kappa shape index (κ1) is 28.4. The quantitative estimate of drug-likeness (QED) is 0.296. The Morgan fingerprint density at radius 3 is 2.47 bits per heavy atom. The van der Waals surface area contributed by atoms with Crippen LogP contribution >= 0.6 is 0 Å². The fraction of sp³-hybridized carbons (Fsp3) is 0.533. The molecule has 0 aliphatic carbocycles. The molecule has 4 aromatic rings. The summed E-state index contributed by atoms with van der Waals surface area (Å²) in [5.41, 5.74) is 3.94. The summed E-state index contributed by atoms with van der Waals surface area (Å²) in [6.45, 7) is 8.79. The Balaban J connectivity index is 1.16. The van der Waals surface area contributed by atoms with Crippen LogP contribution in [0.4, 0.5) is 11.4 Å². The van der Waals surface area contributed by atoms with Gasteiger partial charge in [0.05, 0.1) is 41.6 Å². The van der Waals surface area contributed by atoms with Gasteiger partial charge in [-0.25, -0.2) is 17.6 Å². The molecule has 0 bridgehead atoms. The lowest BCUT2D eigenvalue weighted by Gasteiger charge is -2.37. The van der Waals surface area contributed by atoms with Gasteiger partial charge in [0.25, 0.3) is 0 Å². The van der Waals surface area contributed by atoms with Crippen LogP contribution in [0.2, 0.25) is 0 Å². The van der Waals surface area contributed by atoms with Crippen molar-refractivity contribution < 1.29 is 22.6 Å². The summed E-state index contributed by atoms with van der Waals surface area (Å²) in [7, 11) is -3.22. The van der Waals surface area contributed by atoms with Gasteiger partial charge in [-0.05, 0) is 43.5 Å². The minimum atomic E-state index is -3.22. The Kier molecular flexibility index (Phi) is 7.89. The third-order valence-electron chi connectivity index (χ3n) is 8.69. The molecule has 1 aromatic carbocycles. The third-order valence-corrected chi connectivity index (χ3v) is 9.81. The predicted molar refractivity (Wildman–Crippen MR) is 164 cm³/mol. The largest absolute Gasteiger partial charge is 0.491 e. The highest BCUT2D eigenvalue weighted by Crippen LogP contribution is 2.35. The van der Waals surface area contributed by atoms with E-state index in [2.05, 4.69) is 20.8 Å². The summed E-state index contributed by atoms with van der Waals surface area (Å²) in [6.07, 6.45) is 8.16. The van der Waals surface area contributed by atoms with Gasteiger partial charge in [-0.15, -0.1) is 5.10 Å². The van der Waals surface area contributed by atoms with Crippen molar-refractivity contribution in [3.05, 3.63) is 42.7 Å². The van der Waals surface area contributed by atoms with Crippen molar-refractivity contribution in [2.75, 3.05) is 88.3 Å². The number of morpholine rings is 1. The maximum atomic E-state index is 11.9. The van der Waals surface area contributed by atoms with E-state index < -0.39 is 9.84 Å². The Morgan fingerprint density at radius 2 is 1.74 bits per heavy atom. The highest BCUT2D eigenvalue weighted by Gasteiger charge is 2.26. The van der Waals surface area contributed by atoms with Crippen LogP contribution in [0.25, 0.3) is 16.6 Å². The van der Waals surface area contributed by atoms with E-state index in [4.69, 9.17) is 24.4 Å². The zero-order chi connectivity index (χ0) is 29.4. The normalized spacial score (nSPS) is 20.7. The molecule has 230 valence electrons. The number of ether oxygens (including phenoxy) is 3. The summed E-state index contributed by atoms with van der Waals surface area (Å²) in [5.74, 6) is 0.785. The molecular formula is C30H39N7O5S. The molecule has 0 spiro atoms. The number of hydrogen-bond acceptors (Lipinski definition) is 10. The van der Waals surface area contributed by atoms with Gasteiger partial charge >= 0.3 is 0 Å². The first-order valence-electron chi connectivity index (χ1n) is 15.2. The van der Waals surface area contributed by atoms with Crippen LogP contribution in [0, 0.1) is 0 Å². The van der Waals surface area contributed by atoms with Crippen molar-refractivity contribution in [3.63, 3.8) is 0 Å². The van der Waals surface area contributed by atoms with Gasteiger partial charge in [-0.1, -0.05) is 0 Å². The zero-order valence-electron chi connectivity index (χ0n) is 24.6. The number of hydrogen-bond donors (Lipinski definition) is 0. The van der Waals surface area contributed by atoms with Crippen molar-refractivity contribution in [3.8, 4) is 5.75 Å². The first-order valence-corrected chi connectivity index (χ1v) is 17.1. The van der Waals surface area contributed by atoms with Gasteiger partial charge in [0.15, 0.2) is 21.7 Å². The molecule has 0 saturated carbocycles. The number of fused-ring (bicyclic) bond motifs is 3. The van der Waals surface area contributed by atoms with Crippen molar-refractivity contribution in [2.24, 2.45) is 0 Å². The number of sulfone groups is 1. The lowest BCUT2D eigenvalue weighted by atomic mass is 10.2. The van der Waals surface area contributed by atoms with Gasteiger partial charge < -0.3 is 24.0 Å².